The second-order valence-corrected chi connectivity index (χ2v) is 6.31. The van der Waals surface area contributed by atoms with Crippen LogP contribution in [0.25, 0.3) is 6.08 Å². The van der Waals surface area contributed by atoms with Crippen LogP contribution in [0.3, 0.4) is 0 Å². The number of carbonyl (C=O) groups excluding carboxylic acids is 2. The molecule has 7 heteroatoms. The Morgan fingerprint density at radius 3 is 2.43 bits per heavy atom. The summed E-state index contributed by atoms with van der Waals surface area (Å²) in [7, 11) is 1.57. The monoisotopic (exact) mass is 397 g/mol. The van der Waals surface area contributed by atoms with E-state index < -0.39 is 0 Å². The van der Waals surface area contributed by atoms with Crippen molar-refractivity contribution in [2.75, 3.05) is 17.7 Å². The first kappa shape index (κ1) is 21.1. The zero-order chi connectivity index (χ0) is 20.5. The molecule has 6 nitrogen and oxygen atoms in total. The molecule has 146 valence electrons. The number of para-hydroxylation sites is 1. The fourth-order valence-corrected chi connectivity index (χ4v) is 2.63. The second kappa shape index (κ2) is 10.2. The van der Waals surface area contributed by atoms with Gasteiger partial charge in [0.2, 0.25) is 11.8 Å². The van der Waals surface area contributed by atoms with Crippen molar-refractivity contribution < 1.29 is 14.3 Å². The van der Waals surface area contributed by atoms with Crippen molar-refractivity contribution in [1.82, 2.24) is 5.32 Å². The molecule has 0 bridgehead atoms. The summed E-state index contributed by atoms with van der Waals surface area (Å²) >= 11 is 5.22. The molecule has 0 atom stereocenters. The Morgan fingerprint density at radius 1 is 1.07 bits per heavy atom. The fourth-order valence-electron chi connectivity index (χ4n) is 2.42. The molecule has 2 amide bonds. The van der Waals surface area contributed by atoms with Gasteiger partial charge in [0.25, 0.3) is 0 Å². The van der Waals surface area contributed by atoms with E-state index in [4.69, 9.17) is 17.0 Å². The van der Waals surface area contributed by atoms with E-state index in [-0.39, 0.29) is 16.9 Å². The molecule has 0 aromatic heterocycles. The third-order valence-electron chi connectivity index (χ3n) is 3.97. The van der Waals surface area contributed by atoms with Crippen molar-refractivity contribution in [2.24, 2.45) is 0 Å². The van der Waals surface area contributed by atoms with Gasteiger partial charge in [0.1, 0.15) is 5.75 Å². The average molecular weight is 398 g/mol. The van der Waals surface area contributed by atoms with Crippen LogP contribution in [-0.4, -0.2) is 24.0 Å². The number of nitrogens with one attached hydrogen (secondary N) is 3. The van der Waals surface area contributed by atoms with Gasteiger partial charge in [-0.15, -0.1) is 0 Å². The third kappa shape index (κ3) is 5.92. The van der Waals surface area contributed by atoms with Crippen molar-refractivity contribution in [2.45, 2.75) is 20.3 Å². The van der Waals surface area contributed by atoms with Gasteiger partial charge in [-0.1, -0.05) is 31.2 Å². The first-order valence-electron chi connectivity index (χ1n) is 8.77. The highest BCUT2D eigenvalue weighted by atomic mass is 32.1. The molecule has 28 heavy (non-hydrogen) atoms. The van der Waals surface area contributed by atoms with Gasteiger partial charge in [-0.25, -0.2) is 0 Å². The smallest absolute Gasteiger partial charge is 0.250 e. The molecule has 0 aliphatic rings. The summed E-state index contributed by atoms with van der Waals surface area (Å²) in [5, 5.41) is 8.58. The molecule has 0 spiro atoms. The number of rotatable bonds is 6. The summed E-state index contributed by atoms with van der Waals surface area (Å²) in [6.07, 6.45) is 3.43. The van der Waals surface area contributed by atoms with Crippen LogP contribution in [-0.2, 0) is 9.59 Å². The molecule has 3 N–H and O–H groups in total. The van der Waals surface area contributed by atoms with Gasteiger partial charge in [-0.3, -0.25) is 14.9 Å². The molecule has 2 aromatic rings. The largest absolute Gasteiger partial charge is 0.496 e. The predicted molar refractivity (Wildman–Crippen MR) is 116 cm³/mol. The van der Waals surface area contributed by atoms with Gasteiger partial charge in [-0.2, -0.15) is 0 Å². The molecule has 0 saturated carbocycles. The van der Waals surface area contributed by atoms with E-state index in [9.17, 15) is 9.59 Å². The molecule has 0 aliphatic carbocycles. The van der Waals surface area contributed by atoms with Crippen molar-refractivity contribution >= 4 is 46.6 Å². The van der Waals surface area contributed by atoms with Crippen molar-refractivity contribution in [3.05, 3.63) is 59.7 Å². The van der Waals surface area contributed by atoms with Gasteiger partial charge in [0.05, 0.1) is 7.11 Å². The number of amides is 2. The van der Waals surface area contributed by atoms with E-state index in [1.165, 1.54) is 6.08 Å². The normalized spacial score (nSPS) is 10.4. The van der Waals surface area contributed by atoms with E-state index in [0.29, 0.717) is 23.5 Å². The van der Waals surface area contributed by atoms with Crippen LogP contribution >= 0.6 is 12.2 Å². The predicted octanol–water partition coefficient (Wildman–Crippen LogP) is 3.88. The van der Waals surface area contributed by atoms with Crippen LogP contribution in [0.5, 0.6) is 5.75 Å². The maximum Gasteiger partial charge on any atom is 0.250 e. The highest BCUT2D eigenvalue weighted by molar-refractivity contribution is 7.80. The second-order valence-electron chi connectivity index (χ2n) is 5.90. The third-order valence-corrected chi connectivity index (χ3v) is 4.17. The van der Waals surface area contributed by atoms with Crippen LogP contribution in [0.15, 0.2) is 48.5 Å². The molecule has 0 radical (unpaired) electrons. The maximum absolute atomic E-state index is 12.1. The Kier molecular flexibility index (Phi) is 7.71. The lowest BCUT2D eigenvalue weighted by molar-refractivity contribution is -0.116. The first-order valence-corrected chi connectivity index (χ1v) is 9.18. The minimum absolute atomic E-state index is 0.0717. The maximum atomic E-state index is 12.1. The SMILES string of the molecule is CCC(=O)Nc1cccc(NC(=S)NC(=O)/C=C/c2ccccc2OC)c1C. The molecule has 0 unspecified atom stereocenters. The molecule has 2 aromatic carbocycles. The van der Waals surface area contributed by atoms with Gasteiger partial charge >= 0.3 is 0 Å². The van der Waals surface area contributed by atoms with E-state index >= 15 is 0 Å². The van der Waals surface area contributed by atoms with Crippen molar-refractivity contribution in [3.8, 4) is 5.75 Å². The average Bonchev–Trinajstić information content (AvgIpc) is 2.69. The van der Waals surface area contributed by atoms with Crippen LogP contribution in [0.4, 0.5) is 11.4 Å². The Morgan fingerprint density at radius 2 is 1.75 bits per heavy atom. The lowest BCUT2D eigenvalue weighted by atomic mass is 10.1. The summed E-state index contributed by atoms with van der Waals surface area (Å²) in [6, 6.07) is 12.8. The minimum Gasteiger partial charge on any atom is -0.496 e. The van der Waals surface area contributed by atoms with Crippen LogP contribution in [0, 0.1) is 6.92 Å². The van der Waals surface area contributed by atoms with Crippen LogP contribution in [0.2, 0.25) is 0 Å². The number of anilines is 2. The summed E-state index contributed by atoms with van der Waals surface area (Å²) < 4.78 is 5.25. The van der Waals surface area contributed by atoms with Crippen molar-refractivity contribution in [1.29, 1.82) is 0 Å². The summed E-state index contributed by atoms with van der Waals surface area (Å²) in [6.45, 7) is 3.65. The number of thiocarbonyl (C=S) groups is 1. The standard InChI is InChI=1S/C21H23N3O3S/c1-4-19(25)22-16-9-7-10-17(14(16)2)23-21(28)24-20(26)13-12-15-8-5-6-11-18(15)27-3/h5-13H,4H2,1-3H3,(H,22,25)(H2,23,24,26,28)/b13-12+. The van der Waals surface area contributed by atoms with E-state index in [2.05, 4.69) is 16.0 Å². The summed E-state index contributed by atoms with van der Waals surface area (Å²) in [5.41, 5.74) is 3.01. The lowest BCUT2D eigenvalue weighted by Crippen LogP contribution is -2.33. The van der Waals surface area contributed by atoms with Gasteiger partial charge in [0.15, 0.2) is 5.11 Å². The Labute approximate surface area is 170 Å². The fraction of sp³-hybridized carbons (Fsp3) is 0.190. The minimum atomic E-state index is -0.364. The number of hydrogen-bond donors (Lipinski definition) is 3. The number of methoxy groups -OCH3 is 1. The van der Waals surface area contributed by atoms with Crippen LogP contribution < -0.4 is 20.7 Å². The molecular formula is C21H23N3O3S. The Bertz CT molecular complexity index is 910. The molecule has 0 aliphatic heterocycles. The van der Waals surface area contributed by atoms with Gasteiger partial charge in [-0.05, 0) is 49.0 Å². The number of ether oxygens (including phenoxy) is 1. The van der Waals surface area contributed by atoms with Gasteiger partial charge < -0.3 is 15.4 Å². The molecule has 0 saturated heterocycles. The molecule has 2 rings (SSSR count). The highest BCUT2D eigenvalue weighted by Gasteiger charge is 2.09. The highest BCUT2D eigenvalue weighted by Crippen LogP contribution is 2.23. The van der Waals surface area contributed by atoms with Crippen molar-refractivity contribution in [3.63, 3.8) is 0 Å². The Balaban J connectivity index is 2.00. The van der Waals surface area contributed by atoms with Crippen LogP contribution in [0.1, 0.15) is 24.5 Å². The Hall–Kier alpha value is -3.19. The van der Waals surface area contributed by atoms with E-state index in [1.54, 1.807) is 26.2 Å². The summed E-state index contributed by atoms with van der Waals surface area (Å²) in [4.78, 5) is 23.7. The zero-order valence-corrected chi connectivity index (χ0v) is 16.9. The van der Waals surface area contributed by atoms with E-state index in [0.717, 1.165) is 11.1 Å². The molecular weight excluding hydrogens is 374 g/mol. The molecule has 0 heterocycles. The lowest BCUT2D eigenvalue weighted by Gasteiger charge is -2.14. The zero-order valence-electron chi connectivity index (χ0n) is 16.0. The number of carbonyl (C=O) groups is 2. The number of benzene rings is 2. The summed E-state index contributed by atoms with van der Waals surface area (Å²) in [5.74, 6) is 0.239. The first-order chi connectivity index (χ1) is 13.4. The number of hydrogen-bond acceptors (Lipinski definition) is 4. The van der Waals surface area contributed by atoms with Gasteiger partial charge in [0, 0.05) is 29.4 Å². The topological polar surface area (TPSA) is 79.5 Å². The molecule has 0 fully saturated rings. The van der Waals surface area contributed by atoms with E-state index in [1.807, 2.05) is 43.3 Å². The quantitative estimate of drug-likeness (QED) is 0.509.